The molecule has 0 aromatic heterocycles. The molecule has 144 valence electrons. The van der Waals surface area contributed by atoms with Gasteiger partial charge in [-0.15, -0.1) is 0 Å². The van der Waals surface area contributed by atoms with Gasteiger partial charge < -0.3 is 10.6 Å². The molecule has 3 aromatic rings. The molecular weight excluding hydrogens is 414 g/mol. The lowest BCUT2D eigenvalue weighted by molar-refractivity contribution is 0.601. The quantitative estimate of drug-likeness (QED) is 0.481. The number of halogens is 1. The van der Waals surface area contributed by atoms with Crippen molar-refractivity contribution < 1.29 is 8.42 Å². The first-order valence-corrected chi connectivity index (χ1v) is 10.6. The normalized spacial score (nSPS) is 10.9. The topological polar surface area (TPSA) is 70.2 Å². The molecule has 0 atom stereocenters. The van der Waals surface area contributed by atoms with Crippen LogP contribution in [0.3, 0.4) is 0 Å². The molecule has 8 heteroatoms. The third-order valence-corrected chi connectivity index (χ3v) is 5.73. The average Bonchev–Trinajstić information content (AvgIpc) is 2.65. The SMILES string of the molecule is Cc1ccc(Cl)cc1NC(=S)Nc1ccc(S(=O)(=O)Nc2ccccc2)cc1. The van der Waals surface area contributed by atoms with Crippen LogP contribution in [0.5, 0.6) is 0 Å². The molecule has 5 nitrogen and oxygen atoms in total. The van der Waals surface area contributed by atoms with Gasteiger partial charge in [-0.05, 0) is 73.2 Å². The second-order valence-electron chi connectivity index (χ2n) is 6.03. The molecule has 0 spiro atoms. The highest BCUT2D eigenvalue weighted by Gasteiger charge is 2.14. The number of aryl methyl sites for hydroxylation is 1. The highest BCUT2D eigenvalue weighted by Crippen LogP contribution is 2.21. The van der Waals surface area contributed by atoms with Crippen LogP contribution in [0.1, 0.15) is 5.56 Å². The number of rotatable bonds is 5. The zero-order chi connectivity index (χ0) is 20.1. The Bertz CT molecular complexity index is 1090. The summed E-state index contributed by atoms with van der Waals surface area (Å²) in [5.41, 5.74) is 2.97. The summed E-state index contributed by atoms with van der Waals surface area (Å²) >= 11 is 11.3. The van der Waals surface area contributed by atoms with E-state index in [0.717, 1.165) is 11.3 Å². The first kappa shape index (κ1) is 20.1. The smallest absolute Gasteiger partial charge is 0.261 e. The second kappa shape index (κ2) is 8.60. The highest BCUT2D eigenvalue weighted by molar-refractivity contribution is 7.92. The van der Waals surface area contributed by atoms with Crippen molar-refractivity contribution in [1.29, 1.82) is 0 Å². The largest absolute Gasteiger partial charge is 0.332 e. The Hall–Kier alpha value is -2.61. The number of anilines is 3. The lowest BCUT2D eigenvalue weighted by Gasteiger charge is -2.13. The Morgan fingerprint density at radius 3 is 2.25 bits per heavy atom. The van der Waals surface area contributed by atoms with Crippen molar-refractivity contribution in [2.45, 2.75) is 11.8 Å². The lowest BCUT2D eigenvalue weighted by Crippen LogP contribution is -2.19. The first-order chi connectivity index (χ1) is 13.3. The molecule has 3 rings (SSSR count). The van der Waals surface area contributed by atoms with E-state index in [4.69, 9.17) is 23.8 Å². The van der Waals surface area contributed by atoms with Gasteiger partial charge in [0.1, 0.15) is 0 Å². The summed E-state index contributed by atoms with van der Waals surface area (Å²) in [6.45, 7) is 1.95. The predicted molar refractivity (Wildman–Crippen MR) is 120 cm³/mol. The van der Waals surface area contributed by atoms with Crippen LogP contribution in [0.25, 0.3) is 0 Å². The van der Waals surface area contributed by atoms with Gasteiger partial charge in [0.2, 0.25) is 0 Å². The molecule has 0 radical (unpaired) electrons. The maximum atomic E-state index is 12.5. The average molecular weight is 432 g/mol. The van der Waals surface area contributed by atoms with Crippen LogP contribution in [0, 0.1) is 6.92 Å². The number of sulfonamides is 1. The van der Waals surface area contributed by atoms with Crippen molar-refractivity contribution >= 4 is 56.0 Å². The number of nitrogens with one attached hydrogen (secondary N) is 3. The van der Waals surface area contributed by atoms with E-state index in [2.05, 4.69) is 15.4 Å². The summed E-state index contributed by atoms with van der Waals surface area (Å²) in [7, 11) is -3.66. The lowest BCUT2D eigenvalue weighted by atomic mass is 10.2. The van der Waals surface area contributed by atoms with Crippen molar-refractivity contribution in [2.24, 2.45) is 0 Å². The van der Waals surface area contributed by atoms with Crippen LogP contribution in [0.15, 0.2) is 77.7 Å². The van der Waals surface area contributed by atoms with Crippen molar-refractivity contribution in [3.05, 3.63) is 83.4 Å². The molecule has 3 aromatic carbocycles. The summed E-state index contributed by atoms with van der Waals surface area (Å²) in [5, 5.41) is 7.10. The molecule has 0 bridgehead atoms. The molecule has 0 amide bonds. The zero-order valence-corrected chi connectivity index (χ0v) is 17.3. The van der Waals surface area contributed by atoms with Crippen LogP contribution in [-0.4, -0.2) is 13.5 Å². The van der Waals surface area contributed by atoms with Crippen LogP contribution < -0.4 is 15.4 Å². The molecule has 0 saturated carbocycles. The van der Waals surface area contributed by atoms with E-state index in [1.165, 1.54) is 12.1 Å². The second-order valence-corrected chi connectivity index (χ2v) is 8.56. The Kier molecular flexibility index (Phi) is 6.18. The molecule has 0 aliphatic heterocycles. The minimum absolute atomic E-state index is 0.159. The minimum atomic E-state index is -3.66. The predicted octanol–water partition coefficient (Wildman–Crippen LogP) is 5.26. The third-order valence-electron chi connectivity index (χ3n) is 3.90. The van der Waals surface area contributed by atoms with E-state index < -0.39 is 10.0 Å². The van der Waals surface area contributed by atoms with Crippen molar-refractivity contribution in [1.82, 2.24) is 0 Å². The highest BCUT2D eigenvalue weighted by atomic mass is 35.5. The van der Waals surface area contributed by atoms with Gasteiger partial charge in [0.15, 0.2) is 5.11 Å². The molecular formula is C20H18ClN3O2S2. The Balaban J connectivity index is 1.67. The summed E-state index contributed by atoms with van der Waals surface area (Å²) in [4.78, 5) is 0.159. The first-order valence-electron chi connectivity index (χ1n) is 8.35. The van der Waals surface area contributed by atoms with E-state index in [-0.39, 0.29) is 4.90 Å². The van der Waals surface area contributed by atoms with E-state index in [0.29, 0.717) is 21.5 Å². The standard InChI is InChI=1S/C20H18ClN3O2S2/c1-14-7-8-15(21)13-19(14)23-20(27)22-16-9-11-18(12-10-16)28(25,26)24-17-5-3-2-4-6-17/h2-13,24H,1H3,(H2,22,23,27). The Morgan fingerprint density at radius 2 is 1.57 bits per heavy atom. The van der Waals surface area contributed by atoms with Crippen molar-refractivity contribution in [2.75, 3.05) is 15.4 Å². The number of para-hydroxylation sites is 1. The fourth-order valence-corrected chi connectivity index (χ4v) is 3.91. The van der Waals surface area contributed by atoms with Gasteiger partial charge in [0, 0.05) is 22.1 Å². The molecule has 0 aliphatic carbocycles. The summed E-state index contributed by atoms with van der Waals surface area (Å²) in [5.74, 6) is 0. The van der Waals surface area contributed by atoms with Gasteiger partial charge in [-0.3, -0.25) is 4.72 Å². The van der Waals surface area contributed by atoms with Crippen LogP contribution in [0.4, 0.5) is 17.1 Å². The van der Waals surface area contributed by atoms with E-state index in [1.54, 1.807) is 48.5 Å². The number of thiocarbonyl (C=S) groups is 1. The fourth-order valence-electron chi connectivity index (χ4n) is 2.45. The van der Waals surface area contributed by atoms with Gasteiger partial charge in [0.25, 0.3) is 10.0 Å². The van der Waals surface area contributed by atoms with Gasteiger partial charge in [0.05, 0.1) is 4.90 Å². The zero-order valence-electron chi connectivity index (χ0n) is 14.9. The Labute approximate surface area is 174 Å². The van der Waals surface area contributed by atoms with E-state index in [1.807, 2.05) is 19.1 Å². The van der Waals surface area contributed by atoms with Crippen molar-refractivity contribution in [3.8, 4) is 0 Å². The van der Waals surface area contributed by atoms with Gasteiger partial charge >= 0.3 is 0 Å². The van der Waals surface area contributed by atoms with Crippen molar-refractivity contribution in [3.63, 3.8) is 0 Å². The molecule has 3 N–H and O–H groups in total. The molecule has 0 fully saturated rings. The number of benzene rings is 3. The molecule has 28 heavy (non-hydrogen) atoms. The van der Waals surface area contributed by atoms with Gasteiger partial charge in [-0.2, -0.15) is 0 Å². The molecule has 0 unspecified atom stereocenters. The monoisotopic (exact) mass is 431 g/mol. The minimum Gasteiger partial charge on any atom is -0.332 e. The van der Waals surface area contributed by atoms with Crippen LogP contribution in [-0.2, 0) is 10.0 Å². The van der Waals surface area contributed by atoms with E-state index >= 15 is 0 Å². The number of hydrogen-bond acceptors (Lipinski definition) is 3. The molecule has 0 heterocycles. The Morgan fingerprint density at radius 1 is 0.893 bits per heavy atom. The maximum absolute atomic E-state index is 12.5. The van der Waals surface area contributed by atoms with Gasteiger partial charge in [-0.25, -0.2) is 8.42 Å². The van der Waals surface area contributed by atoms with E-state index in [9.17, 15) is 8.42 Å². The number of hydrogen-bond donors (Lipinski definition) is 3. The summed E-state index contributed by atoms with van der Waals surface area (Å²) < 4.78 is 27.5. The van der Waals surface area contributed by atoms with Gasteiger partial charge in [-0.1, -0.05) is 35.9 Å². The van der Waals surface area contributed by atoms with Crippen LogP contribution in [0.2, 0.25) is 5.02 Å². The fraction of sp³-hybridized carbons (Fsp3) is 0.0500. The van der Waals surface area contributed by atoms with Crippen LogP contribution >= 0.6 is 23.8 Å². The maximum Gasteiger partial charge on any atom is 0.261 e. The summed E-state index contributed by atoms with van der Waals surface area (Å²) in [6, 6.07) is 20.5. The molecule has 0 saturated heterocycles. The third kappa shape index (κ3) is 5.22. The molecule has 0 aliphatic rings. The summed E-state index contributed by atoms with van der Waals surface area (Å²) in [6.07, 6.45) is 0.